The topological polar surface area (TPSA) is 40.6 Å². The fraction of sp³-hybridized carbons (Fsp3) is 0.333. The van der Waals surface area contributed by atoms with Gasteiger partial charge in [-0.3, -0.25) is 9.59 Å². The summed E-state index contributed by atoms with van der Waals surface area (Å²) in [7, 11) is 0. The van der Waals surface area contributed by atoms with Gasteiger partial charge in [-0.1, -0.05) is 12.1 Å². The van der Waals surface area contributed by atoms with Crippen LogP contribution in [0.3, 0.4) is 0 Å². The molecule has 0 aliphatic carbocycles. The second-order valence-electron chi connectivity index (χ2n) is 7.40. The molecule has 0 saturated carbocycles. The molecule has 1 heterocycles. The highest BCUT2D eigenvalue weighted by Gasteiger charge is 2.53. The first-order valence-corrected chi connectivity index (χ1v) is 8.48. The van der Waals surface area contributed by atoms with Gasteiger partial charge >= 0.3 is 0 Å². The van der Waals surface area contributed by atoms with E-state index in [9.17, 15) is 9.59 Å². The van der Waals surface area contributed by atoms with E-state index < -0.39 is 5.41 Å². The normalized spacial score (nSPS) is 16.7. The predicted octanol–water partition coefficient (Wildman–Crippen LogP) is 4.24. The highest BCUT2D eigenvalue weighted by Crippen LogP contribution is 2.38. The van der Waals surface area contributed by atoms with Crippen LogP contribution in [0.4, 0.5) is 11.4 Å². The Balaban J connectivity index is 2.18. The van der Waals surface area contributed by atoms with Crippen molar-refractivity contribution in [3.63, 3.8) is 0 Å². The van der Waals surface area contributed by atoms with E-state index in [4.69, 9.17) is 0 Å². The maximum atomic E-state index is 13.0. The number of carbonyl (C=O) groups is 2. The Kier molecular flexibility index (Phi) is 3.94. The Hall–Kier alpha value is -2.62. The molecule has 0 radical (unpaired) electrons. The predicted molar refractivity (Wildman–Crippen MR) is 101 cm³/mol. The second kappa shape index (κ2) is 5.73. The van der Waals surface area contributed by atoms with Crippen molar-refractivity contribution in [2.24, 2.45) is 5.41 Å². The van der Waals surface area contributed by atoms with Crippen molar-refractivity contribution in [3.8, 4) is 0 Å². The van der Waals surface area contributed by atoms with Crippen LogP contribution in [0.25, 0.3) is 0 Å². The Labute approximate surface area is 149 Å². The van der Waals surface area contributed by atoms with Crippen molar-refractivity contribution in [2.45, 2.75) is 41.5 Å². The van der Waals surface area contributed by atoms with E-state index in [2.05, 4.69) is 0 Å². The van der Waals surface area contributed by atoms with Crippen LogP contribution in [-0.2, 0) is 9.59 Å². The molecule has 0 bridgehead atoms. The van der Waals surface area contributed by atoms with E-state index in [1.165, 1.54) is 10.0 Å². The van der Waals surface area contributed by atoms with Crippen molar-refractivity contribution in [1.29, 1.82) is 0 Å². The number of anilines is 2. The molecule has 0 unspecified atom stereocenters. The Bertz CT molecular complexity index is 812. The fourth-order valence-electron chi connectivity index (χ4n) is 2.98. The van der Waals surface area contributed by atoms with E-state index in [-0.39, 0.29) is 11.8 Å². The summed E-state index contributed by atoms with van der Waals surface area (Å²) in [4.78, 5) is 26.1. The fourth-order valence-corrected chi connectivity index (χ4v) is 2.98. The summed E-state index contributed by atoms with van der Waals surface area (Å²) in [5.41, 5.74) is 4.82. The molecule has 130 valence electrons. The smallest absolute Gasteiger partial charge is 0.261 e. The summed E-state index contributed by atoms with van der Waals surface area (Å²) in [6.07, 6.45) is 0. The van der Waals surface area contributed by atoms with Crippen molar-refractivity contribution in [1.82, 2.24) is 0 Å². The van der Waals surface area contributed by atoms with Crippen LogP contribution in [0.1, 0.15) is 36.1 Å². The number of rotatable bonds is 2. The van der Waals surface area contributed by atoms with Crippen LogP contribution in [0.5, 0.6) is 0 Å². The zero-order valence-electron chi connectivity index (χ0n) is 15.7. The lowest BCUT2D eigenvalue weighted by molar-refractivity contribution is -0.132. The minimum atomic E-state index is -1.09. The molecule has 1 aliphatic rings. The third-order valence-corrected chi connectivity index (χ3v) is 5.12. The molecule has 4 nitrogen and oxygen atoms in total. The standard InChI is InChI=1S/C21H24N2O2/c1-13-7-9-17(11-15(13)3)22-19(24)21(5,6)20(25)23(22)18-10-8-14(2)16(4)12-18/h7-12H,1-6H3. The Morgan fingerprint density at radius 3 is 1.32 bits per heavy atom. The van der Waals surface area contributed by atoms with Crippen molar-refractivity contribution >= 4 is 23.2 Å². The first-order valence-electron chi connectivity index (χ1n) is 8.48. The lowest BCUT2D eigenvalue weighted by atomic mass is 9.92. The van der Waals surface area contributed by atoms with Gasteiger partial charge in [0.25, 0.3) is 11.8 Å². The lowest BCUT2D eigenvalue weighted by Gasteiger charge is -2.28. The van der Waals surface area contributed by atoms with E-state index in [0.29, 0.717) is 11.4 Å². The zero-order valence-corrected chi connectivity index (χ0v) is 15.7. The third kappa shape index (κ3) is 2.62. The minimum Gasteiger partial charge on any atom is -0.271 e. The molecule has 0 aromatic heterocycles. The SMILES string of the molecule is Cc1ccc(N2C(=O)C(C)(C)C(=O)N2c2ccc(C)c(C)c2)cc1C. The highest BCUT2D eigenvalue weighted by atomic mass is 16.2. The third-order valence-electron chi connectivity index (χ3n) is 5.12. The van der Waals surface area contributed by atoms with Crippen molar-refractivity contribution in [3.05, 3.63) is 58.7 Å². The van der Waals surface area contributed by atoms with Crippen LogP contribution in [0.2, 0.25) is 0 Å². The van der Waals surface area contributed by atoms with Crippen LogP contribution in [0.15, 0.2) is 36.4 Å². The molecule has 4 heteroatoms. The summed E-state index contributed by atoms with van der Waals surface area (Å²) in [6, 6.07) is 11.6. The summed E-state index contributed by atoms with van der Waals surface area (Å²) in [6.45, 7) is 11.4. The van der Waals surface area contributed by atoms with Gasteiger partial charge in [0, 0.05) is 0 Å². The van der Waals surface area contributed by atoms with E-state index in [1.54, 1.807) is 13.8 Å². The van der Waals surface area contributed by atoms with Gasteiger partial charge in [-0.15, -0.1) is 0 Å². The van der Waals surface area contributed by atoms with Gasteiger partial charge in [0.05, 0.1) is 11.4 Å². The van der Waals surface area contributed by atoms with Crippen LogP contribution < -0.4 is 10.0 Å². The first kappa shape index (κ1) is 17.2. The number of carbonyl (C=O) groups excluding carboxylic acids is 2. The quantitative estimate of drug-likeness (QED) is 0.770. The molecule has 2 amide bonds. The second-order valence-corrected chi connectivity index (χ2v) is 7.40. The maximum absolute atomic E-state index is 13.0. The summed E-state index contributed by atoms with van der Waals surface area (Å²) in [5.74, 6) is -0.419. The lowest BCUT2D eigenvalue weighted by Crippen LogP contribution is -2.41. The average molecular weight is 336 g/mol. The van der Waals surface area contributed by atoms with Gasteiger partial charge in [0.1, 0.15) is 5.41 Å². The average Bonchev–Trinajstić information content (AvgIpc) is 2.73. The number of aryl methyl sites for hydroxylation is 4. The summed E-state index contributed by atoms with van der Waals surface area (Å²) < 4.78 is 0. The minimum absolute atomic E-state index is 0.209. The first-order chi connectivity index (χ1) is 11.6. The highest BCUT2D eigenvalue weighted by molar-refractivity contribution is 6.25. The van der Waals surface area contributed by atoms with E-state index >= 15 is 0 Å². The van der Waals surface area contributed by atoms with Crippen molar-refractivity contribution in [2.75, 3.05) is 10.0 Å². The number of benzene rings is 2. The van der Waals surface area contributed by atoms with E-state index in [1.807, 2.05) is 64.1 Å². The molecule has 1 fully saturated rings. The van der Waals surface area contributed by atoms with E-state index in [0.717, 1.165) is 22.3 Å². The molecular weight excluding hydrogens is 312 g/mol. The zero-order chi connectivity index (χ0) is 18.5. The Morgan fingerprint density at radius 1 is 0.640 bits per heavy atom. The molecule has 0 atom stereocenters. The molecule has 0 spiro atoms. The molecule has 2 aromatic carbocycles. The number of hydrazine groups is 1. The van der Waals surface area contributed by atoms with Crippen LogP contribution >= 0.6 is 0 Å². The van der Waals surface area contributed by atoms with Gasteiger partial charge in [0.15, 0.2) is 0 Å². The number of nitrogens with zero attached hydrogens (tertiary/aromatic N) is 2. The van der Waals surface area contributed by atoms with Gasteiger partial charge in [-0.25, -0.2) is 10.0 Å². The number of hydrogen-bond donors (Lipinski definition) is 0. The number of hydrogen-bond acceptors (Lipinski definition) is 2. The van der Waals surface area contributed by atoms with Gasteiger partial charge < -0.3 is 0 Å². The van der Waals surface area contributed by atoms with Gasteiger partial charge in [-0.2, -0.15) is 0 Å². The molecular formula is C21H24N2O2. The number of amides is 2. The molecule has 3 rings (SSSR count). The molecule has 1 saturated heterocycles. The maximum Gasteiger partial charge on any atom is 0.261 e. The van der Waals surface area contributed by atoms with Crippen molar-refractivity contribution < 1.29 is 9.59 Å². The molecule has 1 aliphatic heterocycles. The Morgan fingerprint density at radius 2 is 1.00 bits per heavy atom. The van der Waals surface area contributed by atoms with Crippen LogP contribution in [-0.4, -0.2) is 11.8 Å². The van der Waals surface area contributed by atoms with Gasteiger partial charge in [-0.05, 0) is 88.1 Å². The molecule has 0 N–H and O–H groups in total. The molecule has 2 aromatic rings. The van der Waals surface area contributed by atoms with Gasteiger partial charge in [0.2, 0.25) is 0 Å². The largest absolute Gasteiger partial charge is 0.271 e. The summed E-state index contributed by atoms with van der Waals surface area (Å²) >= 11 is 0. The molecule has 25 heavy (non-hydrogen) atoms. The monoisotopic (exact) mass is 336 g/mol. The van der Waals surface area contributed by atoms with Crippen LogP contribution in [0, 0.1) is 33.1 Å². The summed E-state index contributed by atoms with van der Waals surface area (Å²) in [5, 5.41) is 3.03.